The van der Waals surface area contributed by atoms with Crippen molar-refractivity contribution in [1.29, 1.82) is 0 Å². The van der Waals surface area contributed by atoms with Crippen LogP contribution in [-0.2, 0) is 19.4 Å². The molecule has 182 valence electrons. The van der Waals surface area contributed by atoms with Crippen LogP contribution >= 0.6 is 11.3 Å². The Morgan fingerprint density at radius 3 is 2.31 bits per heavy atom. The van der Waals surface area contributed by atoms with Crippen LogP contribution in [-0.4, -0.2) is 57.3 Å². The molecule has 1 aromatic carbocycles. The van der Waals surface area contributed by atoms with Crippen molar-refractivity contribution in [1.82, 2.24) is 19.4 Å². The fourth-order valence-corrected chi connectivity index (χ4v) is 5.45. The Balaban J connectivity index is 1.33. The van der Waals surface area contributed by atoms with Gasteiger partial charge in [-0.05, 0) is 55.3 Å². The lowest BCUT2D eigenvalue weighted by molar-refractivity contribution is 0.0535. The Bertz CT molecular complexity index is 1390. The van der Waals surface area contributed by atoms with Crippen molar-refractivity contribution in [3.05, 3.63) is 89.6 Å². The SMILES string of the molecule is O=C(c1ccsc1)N1CCN(C(=O)c2ccc(F)c(Cn3c4c(c(=O)[nH]c3=O)CCCC4)c2)CC1. The third kappa shape index (κ3) is 4.58. The molecule has 2 amide bonds. The van der Waals surface area contributed by atoms with E-state index in [-0.39, 0.29) is 29.5 Å². The van der Waals surface area contributed by atoms with Crippen molar-refractivity contribution in [3.8, 4) is 0 Å². The number of carbonyl (C=O) groups is 2. The number of amides is 2. The van der Waals surface area contributed by atoms with E-state index < -0.39 is 11.5 Å². The zero-order valence-corrected chi connectivity index (χ0v) is 19.9. The Morgan fingerprint density at radius 1 is 0.943 bits per heavy atom. The van der Waals surface area contributed by atoms with Crippen LogP contribution in [0, 0.1) is 5.82 Å². The molecule has 35 heavy (non-hydrogen) atoms. The fraction of sp³-hybridized carbons (Fsp3) is 0.360. The highest BCUT2D eigenvalue weighted by Crippen LogP contribution is 2.20. The zero-order chi connectivity index (χ0) is 24.5. The lowest BCUT2D eigenvalue weighted by atomic mass is 9.96. The maximum absolute atomic E-state index is 14.7. The monoisotopic (exact) mass is 496 g/mol. The van der Waals surface area contributed by atoms with Gasteiger partial charge >= 0.3 is 5.69 Å². The van der Waals surface area contributed by atoms with Gasteiger partial charge in [-0.2, -0.15) is 11.3 Å². The van der Waals surface area contributed by atoms with Gasteiger partial charge in [0.15, 0.2) is 0 Å². The molecule has 0 spiro atoms. The van der Waals surface area contributed by atoms with E-state index >= 15 is 0 Å². The summed E-state index contributed by atoms with van der Waals surface area (Å²) in [5, 5.41) is 3.67. The Hall–Kier alpha value is -3.53. The van der Waals surface area contributed by atoms with E-state index in [9.17, 15) is 23.6 Å². The molecule has 10 heteroatoms. The summed E-state index contributed by atoms with van der Waals surface area (Å²) in [6.45, 7) is 1.55. The number of H-pyrrole nitrogens is 1. The maximum Gasteiger partial charge on any atom is 0.328 e. The van der Waals surface area contributed by atoms with Gasteiger partial charge in [0.05, 0.1) is 12.1 Å². The van der Waals surface area contributed by atoms with Crippen molar-refractivity contribution in [2.45, 2.75) is 32.2 Å². The average molecular weight is 497 g/mol. The normalized spacial score (nSPS) is 15.7. The second-order valence-corrected chi connectivity index (χ2v) is 9.66. The summed E-state index contributed by atoms with van der Waals surface area (Å²) in [6.07, 6.45) is 2.91. The topological polar surface area (TPSA) is 95.5 Å². The largest absolute Gasteiger partial charge is 0.335 e. The molecule has 0 bridgehead atoms. The second kappa shape index (κ2) is 9.61. The van der Waals surface area contributed by atoms with Crippen LogP contribution in [0.15, 0.2) is 44.6 Å². The number of thiophene rings is 1. The zero-order valence-electron chi connectivity index (χ0n) is 19.1. The van der Waals surface area contributed by atoms with Crippen LogP contribution in [0.5, 0.6) is 0 Å². The molecule has 1 aliphatic carbocycles. The summed E-state index contributed by atoms with van der Waals surface area (Å²) in [5.41, 5.74) is 1.47. The van der Waals surface area contributed by atoms with Crippen LogP contribution < -0.4 is 11.2 Å². The minimum atomic E-state index is -0.571. The van der Waals surface area contributed by atoms with E-state index in [0.717, 1.165) is 12.8 Å². The van der Waals surface area contributed by atoms with Gasteiger partial charge < -0.3 is 9.80 Å². The summed E-state index contributed by atoms with van der Waals surface area (Å²) >= 11 is 1.47. The number of aromatic amines is 1. The average Bonchev–Trinajstić information content (AvgIpc) is 3.42. The molecule has 0 radical (unpaired) electrons. The molecular formula is C25H25FN4O4S. The third-order valence-corrected chi connectivity index (χ3v) is 7.43. The number of piperazine rings is 1. The van der Waals surface area contributed by atoms with Crippen molar-refractivity contribution in [2.75, 3.05) is 26.2 Å². The van der Waals surface area contributed by atoms with Gasteiger partial charge in [0.1, 0.15) is 5.82 Å². The first-order chi connectivity index (χ1) is 16.9. The Kier molecular flexibility index (Phi) is 6.38. The van der Waals surface area contributed by atoms with Gasteiger partial charge in [-0.1, -0.05) is 0 Å². The van der Waals surface area contributed by atoms with E-state index in [1.165, 1.54) is 34.1 Å². The molecule has 3 aromatic rings. The van der Waals surface area contributed by atoms with Crippen LogP contribution in [0.2, 0.25) is 0 Å². The minimum absolute atomic E-state index is 0.0444. The van der Waals surface area contributed by atoms with Crippen LogP contribution in [0.25, 0.3) is 0 Å². The molecule has 0 atom stereocenters. The standard InChI is InChI=1S/C25H25FN4O4S/c26-20-6-5-16(23(32)28-8-10-29(11-9-28)24(33)17-7-12-35-15-17)13-18(20)14-30-21-4-2-1-3-19(21)22(31)27-25(30)34/h5-7,12-13,15H,1-4,8-11,14H2,(H,27,31,34). The van der Waals surface area contributed by atoms with Crippen molar-refractivity contribution < 1.29 is 14.0 Å². The molecule has 0 saturated carbocycles. The van der Waals surface area contributed by atoms with Gasteiger partial charge in [0.25, 0.3) is 17.4 Å². The number of halogens is 1. The molecule has 2 aromatic heterocycles. The summed E-state index contributed by atoms with van der Waals surface area (Å²) < 4.78 is 16.1. The Labute approximate surface area is 204 Å². The molecule has 1 saturated heterocycles. The minimum Gasteiger partial charge on any atom is -0.335 e. The molecule has 0 unspecified atom stereocenters. The van der Waals surface area contributed by atoms with Crippen molar-refractivity contribution >= 4 is 23.2 Å². The third-order valence-electron chi connectivity index (χ3n) is 6.75. The van der Waals surface area contributed by atoms with E-state index in [2.05, 4.69) is 4.98 Å². The molecule has 8 nitrogen and oxygen atoms in total. The number of benzene rings is 1. The lowest BCUT2D eigenvalue weighted by Crippen LogP contribution is -2.50. The molecule has 3 heterocycles. The van der Waals surface area contributed by atoms with Gasteiger partial charge in [-0.25, -0.2) is 9.18 Å². The van der Waals surface area contributed by atoms with E-state index in [1.807, 2.05) is 10.8 Å². The number of carbonyl (C=O) groups excluding carboxylic acids is 2. The molecular weight excluding hydrogens is 471 g/mol. The number of hydrogen-bond acceptors (Lipinski definition) is 5. The molecule has 1 aliphatic heterocycles. The van der Waals surface area contributed by atoms with Crippen LogP contribution in [0.1, 0.15) is 50.4 Å². The first kappa shape index (κ1) is 23.2. The molecule has 1 fully saturated rings. The highest BCUT2D eigenvalue weighted by molar-refractivity contribution is 7.08. The second-order valence-electron chi connectivity index (χ2n) is 8.88. The van der Waals surface area contributed by atoms with E-state index in [0.29, 0.717) is 61.4 Å². The summed E-state index contributed by atoms with van der Waals surface area (Å²) in [6, 6.07) is 5.94. The van der Waals surface area contributed by atoms with E-state index in [1.54, 1.807) is 15.9 Å². The van der Waals surface area contributed by atoms with E-state index in [4.69, 9.17) is 0 Å². The predicted molar refractivity (Wildman–Crippen MR) is 130 cm³/mol. The summed E-state index contributed by atoms with van der Waals surface area (Å²) in [4.78, 5) is 56.2. The number of aromatic nitrogens is 2. The highest BCUT2D eigenvalue weighted by atomic mass is 32.1. The molecule has 2 aliphatic rings. The molecule has 5 rings (SSSR count). The maximum atomic E-state index is 14.7. The van der Waals surface area contributed by atoms with Crippen LogP contribution in [0.3, 0.4) is 0 Å². The number of nitrogens with one attached hydrogen (secondary N) is 1. The quantitative estimate of drug-likeness (QED) is 0.600. The first-order valence-corrected chi connectivity index (χ1v) is 12.6. The first-order valence-electron chi connectivity index (χ1n) is 11.7. The van der Waals surface area contributed by atoms with Gasteiger partial charge in [0, 0.05) is 53.9 Å². The fourth-order valence-electron chi connectivity index (χ4n) is 4.82. The smallest absolute Gasteiger partial charge is 0.328 e. The predicted octanol–water partition coefficient (Wildman–Crippen LogP) is 2.26. The molecule has 1 N–H and O–H groups in total. The van der Waals surface area contributed by atoms with Gasteiger partial charge in [0.2, 0.25) is 0 Å². The highest BCUT2D eigenvalue weighted by Gasteiger charge is 2.26. The number of nitrogens with zero attached hydrogens (tertiary/aromatic N) is 3. The van der Waals surface area contributed by atoms with Gasteiger partial charge in [-0.3, -0.25) is 23.9 Å². The lowest BCUT2D eigenvalue weighted by Gasteiger charge is -2.34. The number of rotatable bonds is 4. The van der Waals surface area contributed by atoms with Gasteiger partial charge in [-0.15, -0.1) is 0 Å². The Morgan fingerprint density at radius 2 is 1.63 bits per heavy atom. The van der Waals surface area contributed by atoms with Crippen molar-refractivity contribution in [2.24, 2.45) is 0 Å². The number of hydrogen-bond donors (Lipinski definition) is 1. The summed E-state index contributed by atoms with van der Waals surface area (Å²) in [5.74, 6) is -0.808. The summed E-state index contributed by atoms with van der Waals surface area (Å²) in [7, 11) is 0. The van der Waals surface area contributed by atoms with Crippen molar-refractivity contribution in [3.63, 3.8) is 0 Å². The van der Waals surface area contributed by atoms with Crippen LogP contribution in [0.4, 0.5) is 4.39 Å². The number of fused-ring (bicyclic) bond motifs is 1.